The van der Waals surface area contributed by atoms with Gasteiger partial charge in [-0.05, 0) is 24.3 Å². The van der Waals surface area contributed by atoms with Crippen LogP contribution in [0.1, 0.15) is 40.4 Å². The van der Waals surface area contributed by atoms with Gasteiger partial charge in [0, 0.05) is 12.4 Å². The van der Waals surface area contributed by atoms with Crippen LogP contribution in [0.5, 0.6) is 0 Å². The van der Waals surface area contributed by atoms with Crippen LogP contribution in [0.4, 0.5) is 13.2 Å². The topological polar surface area (TPSA) is 67.5 Å². The van der Waals surface area contributed by atoms with Crippen molar-refractivity contribution in [3.63, 3.8) is 0 Å². The molecule has 1 aliphatic carbocycles. The second-order valence-electron chi connectivity index (χ2n) is 4.46. The molecule has 0 amide bonds. The zero-order chi connectivity index (χ0) is 13.8. The summed E-state index contributed by atoms with van der Waals surface area (Å²) in [5.41, 5.74) is -2.02. The first kappa shape index (κ1) is 11.9. The van der Waals surface area contributed by atoms with E-state index in [-0.39, 0.29) is 0 Å². The molecule has 2 heterocycles. The molecule has 19 heavy (non-hydrogen) atoms. The van der Waals surface area contributed by atoms with Crippen LogP contribution in [0.25, 0.3) is 5.65 Å². The van der Waals surface area contributed by atoms with Crippen LogP contribution in [-0.4, -0.2) is 25.7 Å². The van der Waals surface area contributed by atoms with E-state index in [2.05, 4.69) is 10.1 Å². The van der Waals surface area contributed by atoms with Gasteiger partial charge in [0.05, 0.1) is 0 Å². The molecule has 100 valence electrons. The Kier molecular flexibility index (Phi) is 2.32. The van der Waals surface area contributed by atoms with Gasteiger partial charge in [0.1, 0.15) is 5.56 Å². The van der Waals surface area contributed by atoms with Crippen LogP contribution >= 0.6 is 0 Å². The van der Waals surface area contributed by atoms with Gasteiger partial charge in [-0.1, -0.05) is 0 Å². The Morgan fingerprint density at radius 1 is 1.42 bits per heavy atom. The second kappa shape index (κ2) is 3.69. The average molecular weight is 271 g/mol. The highest BCUT2D eigenvalue weighted by atomic mass is 19.4. The van der Waals surface area contributed by atoms with Gasteiger partial charge in [-0.25, -0.2) is 14.3 Å². The van der Waals surface area contributed by atoms with Crippen molar-refractivity contribution in [3.05, 3.63) is 29.2 Å². The molecule has 5 nitrogen and oxygen atoms in total. The summed E-state index contributed by atoms with van der Waals surface area (Å²) in [5, 5.41) is 12.3. The predicted molar refractivity (Wildman–Crippen MR) is 56.9 cm³/mol. The zero-order valence-corrected chi connectivity index (χ0v) is 9.48. The highest BCUT2D eigenvalue weighted by Gasteiger charge is 2.41. The lowest BCUT2D eigenvalue weighted by atomic mass is 10.2. The molecule has 0 bridgehead atoms. The van der Waals surface area contributed by atoms with E-state index in [4.69, 9.17) is 5.11 Å². The first-order valence-electron chi connectivity index (χ1n) is 5.56. The molecule has 1 fully saturated rings. The minimum absolute atomic E-state index is 0.295. The van der Waals surface area contributed by atoms with Crippen molar-refractivity contribution in [1.29, 1.82) is 0 Å². The fraction of sp³-hybridized carbons (Fsp3) is 0.364. The van der Waals surface area contributed by atoms with E-state index in [9.17, 15) is 18.0 Å². The standard InChI is InChI=1S/C11H8F3N3O2/c12-11(13,14)7-8(10(18)19)16-17-4-6(5-1-2-5)3-15-9(7)17/h3-5H,1-2H2,(H,18,19). The molecule has 1 N–H and O–H groups in total. The smallest absolute Gasteiger partial charge is 0.422 e. The average Bonchev–Trinajstić information content (AvgIpc) is 3.06. The summed E-state index contributed by atoms with van der Waals surface area (Å²) in [6.45, 7) is 0. The number of alkyl halides is 3. The van der Waals surface area contributed by atoms with Crippen molar-refractivity contribution < 1.29 is 23.1 Å². The van der Waals surface area contributed by atoms with E-state index >= 15 is 0 Å². The molecule has 0 radical (unpaired) electrons. The Hall–Kier alpha value is -2.12. The summed E-state index contributed by atoms with van der Waals surface area (Å²) in [6.07, 6.45) is -0.0977. The van der Waals surface area contributed by atoms with E-state index in [1.165, 1.54) is 12.4 Å². The summed E-state index contributed by atoms with van der Waals surface area (Å²) in [5.74, 6) is -1.42. The molecule has 0 saturated heterocycles. The summed E-state index contributed by atoms with van der Waals surface area (Å²) in [7, 11) is 0. The fourth-order valence-electron chi connectivity index (χ4n) is 1.99. The molecular weight excluding hydrogens is 263 g/mol. The van der Waals surface area contributed by atoms with Gasteiger partial charge in [0.2, 0.25) is 0 Å². The van der Waals surface area contributed by atoms with E-state index < -0.39 is 29.1 Å². The van der Waals surface area contributed by atoms with Gasteiger partial charge >= 0.3 is 12.1 Å². The highest BCUT2D eigenvalue weighted by molar-refractivity contribution is 5.89. The van der Waals surface area contributed by atoms with E-state index in [1.807, 2.05) is 0 Å². The molecule has 0 aliphatic heterocycles. The Bertz CT molecular complexity index is 674. The Morgan fingerprint density at radius 3 is 2.63 bits per heavy atom. The Morgan fingerprint density at radius 2 is 2.11 bits per heavy atom. The van der Waals surface area contributed by atoms with Crippen molar-refractivity contribution >= 4 is 11.6 Å². The van der Waals surface area contributed by atoms with E-state index in [0.29, 0.717) is 5.92 Å². The lowest BCUT2D eigenvalue weighted by molar-refractivity contribution is -0.137. The lowest BCUT2D eigenvalue weighted by Crippen LogP contribution is -2.11. The van der Waals surface area contributed by atoms with Crippen molar-refractivity contribution in [2.24, 2.45) is 0 Å². The number of hydrogen-bond donors (Lipinski definition) is 1. The summed E-state index contributed by atoms with van der Waals surface area (Å²) in [6, 6.07) is 0. The number of nitrogens with zero attached hydrogens (tertiary/aromatic N) is 3. The third kappa shape index (κ3) is 1.92. The Labute approximate surface area is 104 Å². The van der Waals surface area contributed by atoms with Gasteiger partial charge in [0.25, 0.3) is 0 Å². The van der Waals surface area contributed by atoms with Gasteiger partial charge in [-0.2, -0.15) is 18.3 Å². The molecule has 1 aliphatic rings. The van der Waals surface area contributed by atoms with Crippen LogP contribution < -0.4 is 0 Å². The number of halogens is 3. The lowest BCUT2D eigenvalue weighted by Gasteiger charge is -2.05. The van der Waals surface area contributed by atoms with Crippen LogP contribution in [0, 0.1) is 0 Å². The summed E-state index contributed by atoms with van der Waals surface area (Å²) in [4.78, 5) is 14.6. The van der Waals surface area contributed by atoms with Crippen molar-refractivity contribution in [1.82, 2.24) is 14.6 Å². The van der Waals surface area contributed by atoms with Crippen LogP contribution in [-0.2, 0) is 6.18 Å². The molecule has 8 heteroatoms. The van der Waals surface area contributed by atoms with Gasteiger partial charge in [0.15, 0.2) is 11.3 Å². The number of carboxylic acids is 1. The number of aromatic nitrogens is 3. The Balaban J connectivity index is 2.26. The summed E-state index contributed by atoms with van der Waals surface area (Å²) < 4.78 is 39.6. The quantitative estimate of drug-likeness (QED) is 0.910. The van der Waals surface area contributed by atoms with Crippen LogP contribution in [0.2, 0.25) is 0 Å². The zero-order valence-electron chi connectivity index (χ0n) is 9.48. The van der Waals surface area contributed by atoms with E-state index in [0.717, 1.165) is 22.9 Å². The number of carbonyl (C=O) groups is 1. The van der Waals surface area contributed by atoms with Crippen molar-refractivity contribution in [3.8, 4) is 0 Å². The van der Waals surface area contributed by atoms with Gasteiger partial charge < -0.3 is 5.11 Å². The minimum atomic E-state index is -4.80. The maximum atomic E-state index is 12.9. The number of carboxylic acid groups (broad SMARTS) is 1. The molecule has 2 aromatic rings. The first-order chi connectivity index (χ1) is 8.88. The fourth-order valence-corrected chi connectivity index (χ4v) is 1.99. The van der Waals surface area contributed by atoms with Crippen LogP contribution in [0.3, 0.4) is 0 Å². The molecule has 0 unspecified atom stereocenters. The number of rotatable bonds is 2. The van der Waals surface area contributed by atoms with Crippen molar-refractivity contribution in [2.45, 2.75) is 24.9 Å². The summed E-state index contributed by atoms with van der Waals surface area (Å²) >= 11 is 0. The normalized spacial score (nSPS) is 15.9. The molecule has 3 rings (SSSR count). The number of aromatic carboxylic acids is 1. The predicted octanol–water partition coefficient (Wildman–Crippen LogP) is 2.32. The third-order valence-electron chi connectivity index (χ3n) is 3.03. The molecule has 0 aromatic carbocycles. The second-order valence-corrected chi connectivity index (χ2v) is 4.46. The number of hydrogen-bond acceptors (Lipinski definition) is 3. The molecular formula is C11H8F3N3O2. The SMILES string of the molecule is O=C(O)c1nn2cc(C3CC3)cnc2c1C(F)(F)F. The van der Waals surface area contributed by atoms with E-state index in [1.54, 1.807) is 0 Å². The molecule has 0 atom stereocenters. The molecule has 1 saturated carbocycles. The maximum Gasteiger partial charge on any atom is 0.422 e. The molecule has 0 spiro atoms. The monoisotopic (exact) mass is 271 g/mol. The maximum absolute atomic E-state index is 12.9. The molecule has 2 aromatic heterocycles. The third-order valence-corrected chi connectivity index (χ3v) is 3.03. The van der Waals surface area contributed by atoms with Crippen molar-refractivity contribution in [2.75, 3.05) is 0 Å². The van der Waals surface area contributed by atoms with Gasteiger partial charge in [-0.3, -0.25) is 0 Å². The van der Waals surface area contributed by atoms with Gasteiger partial charge in [-0.15, -0.1) is 0 Å². The van der Waals surface area contributed by atoms with Crippen LogP contribution in [0.15, 0.2) is 12.4 Å². The first-order valence-corrected chi connectivity index (χ1v) is 5.56. The number of fused-ring (bicyclic) bond motifs is 1. The largest absolute Gasteiger partial charge is 0.476 e. The minimum Gasteiger partial charge on any atom is -0.476 e. The highest BCUT2D eigenvalue weighted by Crippen LogP contribution is 2.40.